The molecule has 1 heterocycles. The Balaban J connectivity index is 2.57. The molecule has 0 aliphatic carbocycles. The first-order valence-electron chi connectivity index (χ1n) is 4.56. The second-order valence-electron chi connectivity index (χ2n) is 3.82. The van der Waals surface area contributed by atoms with Crippen molar-refractivity contribution in [2.24, 2.45) is 11.8 Å². The van der Waals surface area contributed by atoms with E-state index in [1.165, 1.54) is 12.2 Å². The molecule has 0 radical (unpaired) electrons. The summed E-state index contributed by atoms with van der Waals surface area (Å²) in [6.45, 7) is 3.94. The van der Waals surface area contributed by atoms with Gasteiger partial charge in [0.1, 0.15) is 0 Å². The van der Waals surface area contributed by atoms with E-state index >= 15 is 0 Å². The highest BCUT2D eigenvalue weighted by Crippen LogP contribution is 2.23. The van der Waals surface area contributed by atoms with Crippen LogP contribution in [0.3, 0.4) is 0 Å². The predicted molar refractivity (Wildman–Crippen MR) is 49.9 cm³/mol. The molecular weight excluding hydrogens is 168 g/mol. The van der Waals surface area contributed by atoms with Crippen LogP contribution in [0.25, 0.3) is 0 Å². The van der Waals surface area contributed by atoms with Gasteiger partial charge in [-0.15, -0.1) is 0 Å². The third-order valence-corrected chi connectivity index (χ3v) is 2.70. The minimum atomic E-state index is 0.0827. The summed E-state index contributed by atoms with van der Waals surface area (Å²) in [5.41, 5.74) is 0. The lowest BCUT2D eigenvalue weighted by Crippen LogP contribution is -2.35. The van der Waals surface area contributed by atoms with Crippen molar-refractivity contribution in [3.63, 3.8) is 0 Å². The highest BCUT2D eigenvalue weighted by Gasteiger charge is 2.34. The van der Waals surface area contributed by atoms with E-state index in [0.717, 1.165) is 13.1 Å². The molecule has 4 heteroatoms. The van der Waals surface area contributed by atoms with E-state index in [9.17, 15) is 4.79 Å². The number of carbonyl (C=O) groups is 1. The van der Waals surface area contributed by atoms with Crippen LogP contribution < -0.4 is 0 Å². The number of hydrogen-bond donors (Lipinski definition) is 0. The summed E-state index contributed by atoms with van der Waals surface area (Å²) in [7, 11) is 5.21. The van der Waals surface area contributed by atoms with Gasteiger partial charge in [0.05, 0.1) is 13.0 Å². The van der Waals surface area contributed by atoms with Gasteiger partial charge in [-0.3, -0.25) is 9.63 Å². The van der Waals surface area contributed by atoms with Gasteiger partial charge in [-0.2, -0.15) is 0 Å². The maximum atomic E-state index is 11.7. The monoisotopic (exact) mass is 186 g/mol. The molecule has 4 nitrogen and oxygen atoms in total. The fourth-order valence-electron chi connectivity index (χ4n) is 1.85. The van der Waals surface area contributed by atoms with E-state index in [-0.39, 0.29) is 11.8 Å². The molecule has 0 bridgehead atoms. The van der Waals surface area contributed by atoms with Crippen LogP contribution in [0.1, 0.15) is 6.92 Å². The van der Waals surface area contributed by atoms with Gasteiger partial charge in [-0.25, -0.2) is 5.06 Å². The first-order chi connectivity index (χ1) is 6.06. The van der Waals surface area contributed by atoms with Crippen molar-refractivity contribution in [3.8, 4) is 0 Å². The number of amides is 1. The van der Waals surface area contributed by atoms with Gasteiger partial charge in [-0.1, -0.05) is 6.92 Å². The highest BCUT2D eigenvalue weighted by atomic mass is 16.7. The summed E-state index contributed by atoms with van der Waals surface area (Å²) in [4.78, 5) is 18.8. The molecule has 0 unspecified atom stereocenters. The first kappa shape index (κ1) is 10.5. The van der Waals surface area contributed by atoms with Crippen molar-refractivity contribution >= 4 is 5.91 Å². The van der Waals surface area contributed by atoms with Crippen molar-refractivity contribution in [2.75, 3.05) is 34.3 Å². The Labute approximate surface area is 79.4 Å². The van der Waals surface area contributed by atoms with Crippen LogP contribution >= 0.6 is 0 Å². The largest absolute Gasteiger partial charge is 0.305 e. The molecule has 0 N–H and O–H groups in total. The number of likely N-dealkylation sites (tertiary alicyclic amines) is 1. The maximum absolute atomic E-state index is 11.7. The van der Waals surface area contributed by atoms with Gasteiger partial charge in [0.25, 0.3) is 5.91 Å². The molecule has 1 aliphatic heterocycles. The Morgan fingerprint density at radius 2 is 2.15 bits per heavy atom. The van der Waals surface area contributed by atoms with E-state index < -0.39 is 0 Å². The molecular formula is C9H18N2O2. The predicted octanol–water partition coefficient (Wildman–Crippen LogP) is 0.204. The fourth-order valence-corrected chi connectivity index (χ4v) is 1.85. The van der Waals surface area contributed by atoms with E-state index in [4.69, 9.17) is 4.84 Å². The van der Waals surface area contributed by atoms with Crippen LogP contribution in [0.4, 0.5) is 0 Å². The highest BCUT2D eigenvalue weighted by molar-refractivity contribution is 5.78. The Morgan fingerprint density at radius 3 is 2.54 bits per heavy atom. The van der Waals surface area contributed by atoms with Gasteiger partial charge in [-0.05, 0) is 13.0 Å². The molecule has 1 amide bonds. The number of carbonyl (C=O) groups excluding carboxylic acids is 1. The third kappa shape index (κ3) is 2.19. The van der Waals surface area contributed by atoms with Gasteiger partial charge in [0, 0.05) is 20.1 Å². The summed E-state index contributed by atoms with van der Waals surface area (Å²) in [6.07, 6.45) is 0. The summed E-state index contributed by atoms with van der Waals surface area (Å²) >= 11 is 0. The standard InChI is InChI=1S/C9H18N2O2/c1-7-5-10(2)6-8(7)9(12)11(3)13-4/h7-8H,5-6H2,1-4H3/t7-,8-/m1/s1. The minimum Gasteiger partial charge on any atom is -0.305 e. The van der Waals surface area contributed by atoms with Crippen molar-refractivity contribution in [3.05, 3.63) is 0 Å². The topological polar surface area (TPSA) is 32.8 Å². The molecule has 0 spiro atoms. The Morgan fingerprint density at radius 1 is 1.54 bits per heavy atom. The lowest BCUT2D eigenvalue weighted by atomic mass is 9.97. The summed E-state index contributed by atoms with van der Waals surface area (Å²) in [6, 6.07) is 0. The Bertz CT molecular complexity index is 196. The third-order valence-electron chi connectivity index (χ3n) is 2.70. The molecule has 1 aliphatic rings. The lowest BCUT2D eigenvalue weighted by Gasteiger charge is -2.20. The number of hydrogen-bond acceptors (Lipinski definition) is 3. The second kappa shape index (κ2) is 4.07. The molecule has 1 rings (SSSR count). The molecule has 2 atom stereocenters. The zero-order valence-electron chi connectivity index (χ0n) is 8.78. The van der Waals surface area contributed by atoms with Crippen LogP contribution in [0.5, 0.6) is 0 Å². The van der Waals surface area contributed by atoms with Crippen LogP contribution in [0.15, 0.2) is 0 Å². The average molecular weight is 186 g/mol. The molecule has 0 aromatic rings. The van der Waals surface area contributed by atoms with Crippen LogP contribution in [0, 0.1) is 11.8 Å². The molecule has 76 valence electrons. The van der Waals surface area contributed by atoms with Crippen molar-refractivity contribution in [1.82, 2.24) is 9.96 Å². The molecule has 0 saturated carbocycles. The first-order valence-corrected chi connectivity index (χ1v) is 4.56. The van der Waals surface area contributed by atoms with Crippen LogP contribution in [-0.4, -0.2) is 50.2 Å². The minimum absolute atomic E-state index is 0.0827. The molecule has 13 heavy (non-hydrogen) atoms. The van der Waals surface area contributed by atoms with E-state index in [1.807, 2.05) is 7.05 Å². The molecule has 1 saturated heterocycles. The average Bonchev–Trinajstić information content (AvgIpc) is 2.42. The van der Waals surface area contributed by atoms with Gasteiger partial charge < -0.3 is 4.90 Å². The van der Waals surface area contributed by atoms with E-state index in [1.54, 1.807) is 7.05 Å². The van der Waals surface area contributed by atoms with Crippen LogP contribution in [0.2, 0.25) is 0 Å². The quantitative estimate of drug-likeness (QED) is 0.578. The van der Waals surface area contributed by atoms with Gasteiger partial charge in [0.15, 0.2) is 0 Å². The number of nitrogens with zero attached hydrogens (tertiary/aromatic N) is 2. The van der Waals surface area contributed by atoms with Gasteiger partial charge in [0.2, 0.25) is 0 Å². The number of hydroxylamine groups is 2. The normalized spacial score (nSPS) is 29.2. The molecule has 0 aromatic heterocycles. The lowest BCUT2D eigenvalue weighted by molar-refractivity contribution is -0.174. The zero-order chi connectivity index (χ0) is 10.0. The fraction of sp³-hybridized carbons (Fsp3) is 0.889. The van der Waals surface area contributed by atoms with E-state index in [0.29, 0.717) is 5.92 Å². The smallest absolute Gasteiger partial charge is 0.250 e. The van der Waals surface area contributed by atoms with Crippen molar-refractivity contribution in [2.45, 2.75) is 6.92 Å². The Hall–Kier alpha value is -0.610. The summed E-state index contributed by atoms with van der Waals surface area (Å²) in [5, 5.41) is 1.32. The van der Waals surface area contributed by atoms with Crippen molar-refractivity contribution in [1.29, 1.82) is 0 Å². The maximum Gasteiger partial charge on any atom is 0.250 e. The van der Waals surface area contributed by atoms with Crippen LogP contribution in [-0.2, 0) is 9.63 Å². The SMILES string of the molecule is CON(C)C(=O)[C@@H]1CN(C)C[C@H]1C. The number of rotatable bonds is 2. The van der Waals surface area contributed by atoms with Gasteiger partial charge >= 0.3 is 0 Å². The molecule has 0 aromatic carbocycles. The molecule has 1 fully saturated rings. The van der Waals surface area contributed by atoms with Crippen molar-refractivity contribution < 1.29 is 9.63 Å². The summed E-state index contributed by atoms with van der Waals surface area (Å²) < 4.78 is 0. The second-order valence-corrected chi connectivity index (χ2v) is 3.82. The van der Waals surface area contributed by atoms with E-state index in [2.05, 4.69) is 11.8 Å². The summed E-state index contributed by atoms with van der Waals surface area (Å²) in [5.74, 6) is 0.601. The Kier molecular flexibility index (Phi) is 3.27. The zero-order valence-corrected chi connectivity index (χ0v) is 8.78.